The maximum Gasteiger partial charge on any atom is 0.263 e. The zero-order valence-electron chi connectivity index (χ0n) is 17.6. The predicted molar refractivity (Wildman–Crippen MR) is 138 cm³/mol. The van der Waals surface area contributed by atoms with E-state index < -0.39 is 0 Å². The van der Waals surface area contributed by atoms with E-state index in [-0.39, 0.29) is 5.91 Å². The number of hydrogen-bond acceptors (Lipinski definition) is 5. The summed E-state index contributed by atoms with van der Waals surface area (Å²) in [4.78, 5) is 14.9. The van der Waals surface area contributed by atoms with E-state index in [0.717, 1.165) is 22.3 Å². The summed E-state index contributed by atoms with van der Waals surface area (Å²) in [6.45, 7) is 0.339. The summed E-state index contributed by atoms with van der Waals surface area (Å²) in [5.74, 6) is 0.494. The van der Waals surface area contributed by atoms with Gasteiger partial charge in [-0.2, -0.15) is 0 Å². The van der Waals surface area contributed by atoms with Gasteiger partial charge in [-0.1, -0.05) is 59.8 Å². The van der Waals surface area contributed by atoms with Gasteiger partial charge in [-0.05, 0) is 47.0 Å². The SMILES string of the molecule is [B]c1ccccc1COc1ccc(-c2cc3c(N(C)C)c-3c2)cc1/C=C1\SC(=S)NC1=O. The molecule has 1 saturated heterocycles. The van der Waals surface area contributed by atoms with Gasteiger partial charge < -0.3 is 15.0 Å². The maximum atomic E-state index is 12.2. The standard InChI is InChI=1S/C25H19BN2O2S2/c1-28(2)23-18-10-16(11-19(18)23)14-7-8-21(30-13-15-5-3-4-6-20(15)26)17(9-14)12-22-24(29)27-25(31)32-22/h3-12H,13H2,1-2H3,(H,27,29,31)/b22-12-. The van der Waals surface area contributed by atoms with Crippen molar-refractivity contribution in [2.75, 3.05) is 19.0 Å². The second-order valence-electron chi connectivity index (χ2n) is 7.91. The van der Waals surface area contributed by atoms with Gasteiger partial charge in [0.05, 0.1) is 10.6 Å². The van der Waals surface area contributed by atoms with Gasteiger partial charge in [0.1, 0.15) is 24.5 Å². The Hall–Kier alpha value is -3.03. The Balaban J connectivity index is 1.49. The molecule has 2 aromatic rings. The lowest BCUT2D eigenvalue weighted by atomic mass is 9.91. The minimum atomic E-state index is -0.187. The number of benzene rings is 3. The summed E-state index contributed by atoms with van der Waals surface area (Å²) < 4.78 is 6.58. The van der Waals surface area contributed by atoms with E-state index in [2.05, 4.69) is 42.5 Å². The number of anilines is 1. The number of thiocarbonyl (C=S) groups is 1. The quantitative estimate of drug-likeness (QED) is 0.268. The highest BCUT2D eigenvalue weighted by molar-refractivity contribution is 8.26. The molecule has 1 heterocycles. The summed E-state index contributed by atoms with van der Waals surface area (Å²) in [6, 6.07) is 18.1. The molecular weight excluding hydrogens is 435 g/mol. The van der Waals surface area contributed by atoms with Gasteiger partial charge in [0.2, 0.25) is 0 Å². The van der Waals surface area contributed by atoms with Crippen LogP contribution in [0.5, 0.6) is 5.75 Å². The highest BCUT2D eigenvalue weighted by Gasteiger charge is 2.28. The van der Waals surface area contributed by atoms with Crippen molar-refractivity contribution >= 4 is 59.3 Å². The fourth-order valence-corrected chi connectivity index (χ4v) is 4.89. The molecule has 0 atom stereocenters. The minimum Gasteiger partial charge on any atom is -0.488 e. The molecule has 1 N–H and O–H groups in total. The lowest BCUT2D eigenvalue weighted by Gasteiger charge is -2.13. The first kappa shape index (κ1) is 20.9. The van der Waals surface area contributed by atoms with Gasteiger partial charge in [0.15, 0.2) is 0 Å². The van der Waals surface area contributed by atoms with Crippen LogP contribution in [0.15, 0.2) is 59.5 Å². The number of ether oxygens (including phenoxy) is 1. The molecule has 2 aromatic carbocycles. The number of nitrogens with zero attached hydrogens (tertiary/aromatic N) is 1. The van der Waals surface area contributed by atoms with Crippen molar-refractivity contribution in [3.8, 4) is 28.0 Å². The van der Waals surface area contributed by atoms with E-state index in [1.54, 1.807) is 0 Å². The molecule has 0 bridgehead atoms. The Bertz CT molecular complexity index is 1290. The molecule has 3 aliphatic rings. The van der Waals surface area contributed by atoms with Gasteiger partial charge in [0, 0.05) is 30.8 Å². The fourth-order valence-electron chi connectivity index (χ4n) is 3.86. The molecule has 2 radical (unpaired) electrons. The molecule has 2 aliphatic carbocycles. The average Bonchev–Trinajstić information content (AvgIpc) is 3.09. The van der Waals surface area contributed by atoms with Crippen LogP contribution >= 0.6 is 24.0 Å². The molecule has 0 saturated carbocycles. The number of fused-ring (bicyclic) bond motifs is 1. The van der Waals surface area contributed by atoms with Crippen molar-refractivity contribution in [1.82, 2.24) is 5.32 Å². The lowest BCUT2D eigenvalue weighted by molar-refractivity contribution is -0.115. The average molecular weight is 454 g/mol. The number of carbonyl (C=O) groups is 1. The number of amides is 1. The minimum absolute atomic E-state index is 0.187. The third kappa shape index (κ3) is 3.94. The molecule has 4 nitrogen and oxygen atoms in total. The van der Waals surface area contributed by atoms with Gasteiger partial charge in [0.25, 0.3) is 5.91 Å². The maximum absolute atomic E-state index is 12.2. The van der Waals surface area contributed by atoms with Gasteiger partial charge in [-0.3, -0.25) is 4.79 Å². The lowest BCUT2D eigenvalue weighted by Crippen LogP contribution is -2.17. The second-order valence-corrected chi connectivity index (χ2v) is 9.63. The molecule has 0 aromatic heterocycles. The Morgan fingerprint density at radius 2 is 1.84 bits per heavy atom. The Labute approximate surface area is 198 Å². The number of nitrogens with one attached hydrogen (secondary N) is 1. The van der Waals surface area contributed by atoms with Gasteiger partial charge in [-0.15, -0.1) is 0 Å². The summed E-state index contributed by atoms with van der Waals surface area (Å²) in [5, 5.41) is 2.67. The van der Waals surface area contributed by atoms with Crippen molar-refractivity contribution in [2.24, 2.45) is 0 Å². The van der Waals surface area contributed by atoms with Crippen molar-refractivity contribution in [3.63, 3.8) is 0 Å². The second kappa shape index (κ2) is 8.15. The van der Waals surface area contributed by atoms with Crippen LogP contribution in [0.3, 0.4) is 0 Å². The van der Waals surface area contributed by atoms with Crippen molar-refractivity contribution in [1.29, 1.82) is 0 Å². The van der Waals surface area contributed by atoms with Crippen LogP contribution < -0.4 is 20.4 Å². The number of carbonyl (C=O) groups excluding carboxylic acids is 1. The summed E-state index contributed by atoms with van der Waals surface area (Å²) in [7, 11) is 10.2. The zero-order chi connectivity index (χ0) is 22.4. The van der Waals surface area contributed by atoms with E-state index in [1.807, 2.05) is 42.5 Å². The molecule has 7 heteroatoms. The normalized spacial score (nSPS) is 15.1. The first-order chi connectivity index (χ1) is 15.4. The molecule has 1 fully saturated rings. The smallest absolute Gasteiger partial charge is 0.263 e. The molecule has 0 spiro atoms. The third-order valence-electron chi connectivity index (χ3n) is 5.49. The Morgan fingerprint density at radius 3 is 2.50 bits per heavy atom. The Kier molecular flexibility index (Phi) is 5.31. The molecule has 0 unspecified atom stereocenters. The monoisotopic (exact) mass is 454 g/mol. The topological polar surface area (TPSA) is 41.6 Å². The first-order valence-corrected chi connectivity index (χ1v) is 11.3. The van der Waals surface area contributed by atoms with E-state index >= 15 is 0 Å². The van der Waals surface area contributed by atoms with Crippen molar-refractivity contribution < 1.29 is 9.53 Å². The zero-order valence-corrected chi connectivity index (χ0v) is 19.3. The van der Waals surface area contributed by atoms with Crippen LogP contribution in [-0.2, 0) is 11.4 Å². The number of hydrogen-bond donors (Lipinski definition) is 1. The van der Waals surface area contributed by atoms with Crippen LogP contribution in [0.25, 0.3) is 28.3 Å². The number of rotatable bonds is 6. The van der Waals surface area contributed by atoms with Crippen molar-refractivity contribution in [2.45, 2.75) is 6.61 Å². The Morgan fingerprint density at radius 1 is 1.09 bits per heavy atom. The van der Waals surface area contributed by atoms with Crippen LogP contribution in [-0.4, -0.2) is 32.2 Å². The molecular formula is C25H19BN2O2S2. The molecule has 5 rings (SSSR count). The first-order valence-electron chi connectivity index (χ1n) is 10.1. The van der Waals surface area contributed by atoms with E-state index in [1.165, 1.54) is 28.6 Å². The molecule has 156 valence electrons. The summed E-state index contributed by atoms with van der Waals surface area (Å²) >= 11 is 6.39. The van der Waals surface area contributed by atoms with Crippen LogP contribution in [0, 0.1) is 0 Å². The van der Waals surface area contributed by atoms with Crippen LogP contribution in [0.1, 0.15) is 11.1 Å². The third-order valence-corrected chi connectivity index (χ3v) is 6.66. The molecule has 32 heavy (non-hydrogen) atoms. The van der Waals surface area contributed by atoms with E-state index in [4.69, 9.17) is 24.8 Å². The van der Waals surface area contributed by atoms with Crippen LogP contribution in [0.4, 0.5) is 5.69 Å². The highest BCUT2D eigenvalue weighted by Crippen LogP contribution is 2.54. The molecule has 1 amide bonds. The van der Waals surface area contributed by atoms with E-state index in [9.17, 15) is 4.79 Å². The predicted octanol–water partition coefficient (Wildman–Crippen LogP) is 4.26. The summed E-state index contributed by atoms with van der Waals surface area (Å²) in [5.41, 5.74) is 8.52. The van der Waals surface area contributed by atoms with Crippen LogP contribution in [0.2, 0.25) is 0 Å². The largest absolute Gasteiger partial charge is 0.488 e. The van der Waals surface area contributed by atoms with Gasteiger partial charge >= 0.3 is 0 Å². The summed E-state index contributed by atoms with van der Waals surface area (Å²) in [6.07, 6.45) is 1.83. The van der Waals surface area contributed by atoms with Gasteiger partial charge in [-0.25, -0.2) is 0 Å². The number of thioether (sulfide) groups is 1. The highest BCUT2D eigenvalue weighted by atomic mass is 32.2. The fraction of sp³-hybridized carbons (Fsp3) is 0.120. The van der Waals surface area contributed by atoms with Crippen molar-refractivity contribution in [3.05, 3.63) is 70.6 Å². The van der Waals surface area contributed by atoms with E-state index in [0.29, 0.717) is 27.0 Å². The molecule has 1 aliphatic heterocycles.